The van der Waals surface area contributed by atoms with Gasteiger partial charge in [0.15, 0.2) is 0 Å². The van der Waals surface area contributed by atoms with Crippen molar-refractivity contribution in [3.63, 3.8) is 0 Å². The second-order valence-corrected chi connectivity index (χ2v) is 16.1. The van der Waals surface area contributed by atoms with Crippen molar-refractivity contribution in [1.29, 1.82) is 0 Å². The maximum absolute atomic E-state index is 6.54. The van der Waals surface area contributed by atoms with Crippen molar-refractivity contribution >= 4 is 55.1 Å². The van der Waals surface area contributed by atoms with Crippen LogP contribution in [-0.4, -0.2) is 22.9 Å². The molecular formula is C45H34BNO2S. The molecule has 5 heteroatoms. The zero-order valence-electron chi connectivity index (χ0n) is 28.5. The number of hydrogen-bond donors (Lipinski definition) is 0. The summed E-state index contributed by atoms with van der Waals surface area (Å²) in [6.45, 7) is 8.47. The average molecular weight is 664 g/mol. The molecule has 11 rings (SSSR count). The minimum absolute atomic E-state index is 0.388. The molecule has 6 aromatic carbocycles. The van der Waals surface area contributed by atoms with Gasteiger partial charge < -0.3 is 13.9 Å². The largest absolute Gasteiger partial charge is 0.494 e. The number of benzene rings is 6. The Hall–Kier alpha value is -4.94. The van der Waals surface area contributed by atoms with E-state index >= 15 is 0 Å². The van der Waals surface area contributed by atoms with E-state index in [1.165, 1.54) is 81.4 Å². The number of hydrogen-bond acceptors (Lipinski definition) is 3. The minimum atomic E-state index is -0.423. The molecule has 240 valence electrons. The SMILES string of the molecule is CC1(C)OB(c2ccc3c(c2)c2c4ccccc4sc2n3-c2ccc3c(c2)C2(c4ccccc4-c4ccccc42)c2ccccc2-3)OC1(C)C. The van der Waals surface area contributed by atoms with Gasteiger partial charge in [0.1, 0.15) is 4.83 Å². The third-order valence-electron chi connectivity index (χ3n) is 12.1. The van der Waals surface area contributed by atoms with Crippen molar-refractivity contribution in [2.24, 2.45) is 0 Å². The molecule has 1 aliphatic heterocycles. The van der Waals surface area contributed by atoms with Crippen molar-refractivity contribution in [1.82, 2.24) is 4.57 Å². The van der Waals surface area contributed by atoms with Gasteiger partial charge in [-0.15, -0.1) is 11.3 Å². The van der Waals surface area contributed by atoms with Gasteiger partial charge in [-0.05, 0) is 102 Å². The molecule has 0 atom stereocenters. The first-order valence-electron chi connectivity index (χ1n) is 17.5. The van der Waals surface area contributed by atoms with Crippen LogP contribution >= 0.6 is 11.3 Å². The number of nitrogens with zero attached hydrogens (tertiary/aromatic N) is 1. The highest BCUT2D eigenvalue weighted by molar-refractivity contribution is 7.25. The molecule has 2 aliphatic carbocycles. The minimum Gasteiger partial charge on any atom is -0.399 e. The predicted octanol–water partition coefficient (Wildman–Crippen LogP) is 10.6. The first kappa shape index (κ1) is 28.9. The normalized spacial score (nSPS) is 17.5. The zero-order chi connectivity index (χ0) is 33.6. The number of fused-ring (bicyclic) bond motifs is 15. The van der Waals surface area contributed by atoms with Crippen molar-refractivity contribution in [3.05, 3.63) is 156 Å². The number of aromatic nitrogens is 1. The first-order valence-corrected chi connectivity index (χ1v) is 18.3. The Morgan fingerprint density at radius 3 is 1.74 bits per heavy atom. The summed E-state index contributed by atoms with van der Waals surface area (Å²) in [6, 6.07) is 49.8. The van der Waals surface area contributed by atoms with Crippen LogP contribution in [-0.2, 0) is 14.7 Å². The topological polar surface area (TPSA) is 23.4 Å². The van der Waals surface area contributed by atoms with Crippen LogP contribution in [0.4, 0.5) is 0 Å². The summed E-state index contributed by atoms with van der Waals surface area (Å²) < 4.78 is 16.9. The molecule has 1 spiro atoms. The highest BCUT2D eigenvalue weighted by atomic mass is 32.1. The molecule has 3 aliphatic rings. The van der Waals surface area contributed by atoms with Gasteiger partial charge in [-0.3, -0.25) is 0 Å². The standard InChI is InChI=1S/C45H34BNO2S/c1-43(2)44(3,4)49-46(48-43)27-21-24-39-34(25-27)41-33-16-8-12-20-40(33)50-42(41)47(39)28-22-23-32-31-15-7-11-19-37(31)45(38(32)26-28)35-17-9-5-13-29(35)30-14-6-10-18-36(30)45/h5-26H,1-4H3. The Morgan fingerprint density at radius 2 is 1.10 bits per heavy atom. The van der Waals surface area contributed by atoms with E-state index in [4.69, 9.17) is 9.31 Å². The van der Waals surface area contributed by atoms with Gasteiger partial charge in [0.05, 0.1) is 22.1 Å². The molecule has 1 saturated heterocycles. The van der Waals surface area contributed by atoms with Gasteiger partial charge in [0, 0.05) is 26.5 Å². The number of rotatable bonds is 2. The summed E-state index contributed by atoms with van der Waals surface area (Å²) in [6.07, 6.45) is 0. The lowest BCUT2D eigenvalue weighted by atomic mass is 9.70. The van der Waals surface area contributed by atoms with Crippen LogP contribution in [0.15, 0.2) is 133 Å². The molecular weight excluding hydrogens is 629 g/mol. The molecule has 50 heavy (non-hydrogen) atoms. The lowest BCUT2D eigenvalue weighted by Gasteiger charge is -2.32. The third-order valence-corrected chi connectivity index (χ3v) is 13.2. The summed E-state index contributed by atoms with van der Waals surface area (Å²) in [4.78, 5) is 1.25. The van der Waals surface area contributed by atoms with E-state index in [2.05, 4.69) is 166 Å². The molecule has 0 bridgehead atoms. The van der Waals surface area contributed by atoms with Gasteiger partial charge in [0.25, 0.3) is 0 Å². The van der Waals surface area contributed by atoms with Crippen molar-refractivity contribution in [2.75, 3.05) is 0 Å². The Bertz CT molecular complexity index is 2670. The van der Waals surface area contributed by atoms with Crippen LogP contribution in [0, 0.1) is 0 Å². The van der Waals surface area contributed by atoms with E-state index in [9.17, 15) is 0 Å². The molecule has 0 N–H and O–H groups in total. The van der Waals surface area contributed by atoms with E-state index in [1.807, 2.05) is 11.3 Å². The average Bonchev–Trinajstić information content (AvgIpc) is 3.87. The Labute approximate surface area is 295 Å². The van der Waals surface area contributed by atoms with Crippen molar-refractivity contribution in [3.8, 4) is 27.9 Å². The van der Waals surface area contributed by atoms with Crippen LogP contribution in [0.3, 0.4) is 0 Å². The van der Waals surface area contributed by atoms with E-state index in [1.54, 1.807) is 0 Å². The smallest absolute Gasteiger partial charge is 0.399 e. The molecule has 0 saturated carbocycles. The fraction of sp³-hybridized carbons (Fsp3) is 0.156. The molecule has 3 nitrogen and oxygen atoms in total. The summed E-state index contributed by atoms with van der Waals surface area (Å²) in [5.41, 5.74) is 12.9. The molecule has 1 fully saturated rings. The predicted molar refractivity (Wildman–Crippen MR) is 208 cm³/mol. The lowest BCUT2D eigenvalue weighted by Crippen LogP contribution is -2.41. The third kappa shape index (κ3) is 3.48. The Kier molecular flexibility index (Phi) is 5.56. The molecule has 3 heterocycles. The fourth-order valence-electron chi connectivity index (χ4n) is 9.11. The van der Waals surface area contributed by atoms with Crippen LogP contribution in [0.5, 0.6) is 0 Å². The van der Waals surface area contributed by atoms with Crippen molar-refractivity contribution < 1.29 is 9.31 Å². The maximum Gasteiger partial charge on any atom is 0.494 e. The van der Waals surface area contributed by atoms with Gasteiger partial charge in [-0.1, -0.05) is 109 Å². The highest BCUT2D eigenvalue weighted by Crippen LogP contribution is 2.63. The second kappa shape index (κ2) is 9.64. The van der Waals surface area contributed by atoms with E-state index in [0.29, 0.717) is 0 Å². The van der Waals surface area contributed by atoms with Gasteiger partial charge in [-0.25, -0.2) is 0 Å². The molecule has 0 unspecified atom stereocenters. The monoisotopic (exact) mass is 663 g/mol. The summed E-state index contributed by atoms with van der Waals surface area (Å²) >= 11 is 1.87. The quantitative estimate of drug-likeness (QED) is 0.172. The van der Waals surface area contributed by atoms with Crippen LogP contribution in [0.25, 0.3) is 59.1 Å². The maximum atomic E-state index is 6.54. The lowest BCUT2D eigenvalue weighted by molar-refractivity contribution is 0.00578. The number of thiophene rings is 1. The molecule has 0 radical (unpaired) electrons. The highest BCUT2D eigenvalue weighted by Gasteiger charge is 2.53. The summed E-state index contributed by atoms with van der Waals surface area (Å²) in [5, 5.41) is 3.79. The second-order valence-electron chi connectivity index (χ2n) is 15.1. The van der Waals surface area contributed by atoms with Crippen molar-refractivity contribution in [2.45, 2.75) is 44.3 Å². The summed E-state index contributed by atoms with van der Waals surface area (Å²) in [7, 11) is -0.423. The Balaban J connectivity index is 1.19. The van der Waals surface area contributed by atoms with Gasteiger partial charge >= 0.3 is 7.12 Å². The van der Waals surface area contributed by atoms with E-state index < -0.39 is 18.3 Å². The first-order chi connectivity index (χ1) is 24.3. The zero-order valence-corrected chi connectivity index (χ0v) is 29.3. The van der Waals surface area contributed by atoms with Crippen LogP contribution in [0.1, 0.15) is 49.9 Å². The van der Waals surface area contributed by atoms with Crippen LogP contribution < -0.4 is 5.46 Å². The molecule has 2 aromatic heterocycles. The van der Waals surface area contributed by atoms with E-state index in [-0.39, 0.29) is 5.41 Å². The molecule has 8 aromatic rings. The van der Waals surface area contributed by atoms with Gasteiger partial charge in [-0.2, -0.15) is 0 Å². The fourth-order valence-corrected chi connectivity index (χ4v) is 10.4. The van der Waals surface area contributed by atoms with Crippen LogP contribution in [0.2, 0.25) is 0 Å². The molecule has 0 amide bonds. The van der Waals surface area contributed by atoms with E-state index in [0.717, 1.165) is 5.46 Å². The summed E-state index contributed by atoms with van der Waals surface area (Å²) in [5.74, 6) is 0. The van der Waals surface area contributed by atoms with Gasteiger partial charge in [0.2, 0.25) is 0 Å². The Morgan fingerprint density at radius 1 is 0.540 bits per heavy atom.